The molecule has 1 amide bonds. The Bertz CT molecular complexity index is 467. The SMILES string of the molecule is O=C(c1cc(F)ccc1O)N1CCCC1CCCCl. The van der Waals surface area contributed by atoms with E-state index in [0.29, 0.717) is 12.4 Å². The van der Waals surface area contributed by atoms with Crippen molar-refractivity contribution in [2.45, 2.75) is 31.7 Å². The zero-order valence-corrected chi connectivity index (χ0v) is 11.4. The first-order valence-corrected chi connectivity index (χ1v) is 7.02. The Morgan fingerprint density at radius 2 is 2.32 bits per heavy atom. The number of rotatable bonds is 4. The normalized spacial score (nSPS) is 18.8. The van der Waals surface area contributed by atoms with E-state index in [4.69, 9.17) is 11.6 Å². The number of carbonyl (C=O) groups is 1. The minimum Gasteiger partial charge on any atom is -0.507 e. The summed E-state index contributed by atoms with van der Waals surface area (Å²) >= 11 is 5.68. The quantitative estimate of drug-likeness (QED) is 0.863. The van der Waals surface area contributed by atoms with Crippen LogP contribution in [0, 0.1) is 5.82 Å². The van der Waals surface area contributed by atoms with Gasteiger partial charge in [-0.15, -0.1) is 11.6 Å². The van der Waals surface area contributed by atoms with Crippen LogP contribution in [0.4, 0.5) is 4.39 Å². The molecular formula is C14H17ClFNO2. The molecule has 0 radical (unpaired) electrons. The number of phenolic OH excluding ortho intramolecular Hbond substituents is 1. The van der Waals surface area contributed by atoms with Crippen LogP contribution >= 0.6 is 11.6 Å². The van der Waals surface area contributed by atoms with Crippen LogP contribution in [0.5, 0.6) is 5.75 Å². The predicted octanol–water partition coefficient (Wildman–Crippen LogP) is 3.15. The Hall–Kier alpha value is -1.29. The molecule has 3 nitrogen and oxygen atoms in total. The molecule has 0 aliphatic carbocycles. The molecule has 0 spiro atoms. The molecule has 1 atom stereocenters. The first-order chi connectivity index (χ1) is 9.13. The molecular weight excluding hydrogens is 269 g/mol. The molecule has 1 heterocycles. The van der Waals surface area contributed by atoms with Crippen molar-refractivity contribution in [3.63, 3.8) is 0 Å². The van der Waals surface area contributed by atoms with Crippen LogP contribution in [0.15, 0.2) is 18.2 Å². The average molecular weight is 286 g/mol. The van der Waals surface area contributed by atoms with Gasteiger partial charge in [-0.1, -0.05) is 0 Å². The second-order valence-electron chi connectivity index (χ2n) is 4.79. The van der Waals surface area contributed by atoms with Crippen LogP contribution in [0.1, 0.15) is 36.0 Å². The highest BCUT2D eigenvalue weighted by atomic mass is 35.5. The maximum absolute atomic E-state index is 13.2. The summed E-state index contributed by atoms with van der Waals surface area (Å²) in [6.45, 7) is 0.655. The maximum Gasteiger partial charge on any atom is 0.257 e. The average Bonchev–Trinajstić information content (AvgIpc) is 2.86. The molecule has 1 unspecified atom stereocenters. The zero-order chi connectivity index (χ0) is 13.8. The van der Waals surface area contributed by atoms with Crippen molar-refractivity contribution in [3.05, 3.63) is 29.6 Å². The number of amides is 1. The molecule has 2 rings (SSSR count). The number of hydrogen-bond donors (Lipinski definition) is 1. The minimum absolute atomic E-state index is 0.0396. The third kappa shape index (κ3) is 3.18. The van der Waals surface area contributed by atoms with Crippen LogP contribution in [0.25, 0.3) is 0 Å². The summed E-state index contributed by atoms with van der Waals surface area (Å²) in [5, 5.41) is 9.69. The summed E-state index contributed by atoms with van der Waals surface area (Å²) in [4.78, 5) is 14.1. The van der Waals surface area contributed by atoms with Crippen molar-refractivity contribution in [2.24, 2.45) is 0 Å². The molecule has 0 saturated carbocycles. The molecule has 1 fully saturated rings. The largest absolute Gasteiger partial charge is 0.507 e. The van der Waals surface area contributed by atoms with E-state index in [1.807, 2.05) is 0 Å². The molecule has 1 aromatic rings. The van der Waals surface area contributed by atoms with Crippen molar-refractivity contribution in [1.82, 2.24) is 4.90 Å². The second-order valence-corrected chi connectivity index (χ2v) is 5.17. The van der Waals surface area contributed by atoms with Crippen molar-refractivity contribution in [1.29, 1.82) is 0 Å². The summed E-state index contributed by atoms with van der Waals surface area (Å²) in [5.74, 6) is -0.412. The lowest BCUT2D eigenvalue weighted by atomic mass is 10.1. The van der Waals surface area contributed by atoms with E-state index in [9.17, 15) is 14.3 Å². The summed E-state index contributed by atoms with van der Waals surface area (Å²) in [6.07, 6.45) is 3.59. The van der Waals surface area contributed by atoms with Crippen LogP contribution < -0.4 is 0 Å². The molecule has 5 heteroatoms. The lowest BCUT2D eigenvalue weighted by molar-refractivity contribution is 0.0726. The lowest BCUT2D eigenvalue weighted by Gasteiger charge is -2.25. The van der Waals surface area contributed by atoms with Gasteiger partial charge in [-0.25, -0.2) is 4.39 Å². The van der Waals surface area contributed by atoms with Gasteiger partial charge in [0.25, 0.3) is 5.91 Å². The zero-order valence-electron chi connectivity index (χ0n) is 10.6. The van der Waals surface area contributed by atoms with E-state index in [2.05, 4.69) is 0 Å². The van der Waals surface area contributed by atoms with Gasteiger partial charge in [0, 0.05) is 18.5 Å². The molecule has 19 heavy (non-hydrogen) atoms. The maximum atomic E-state index is 13.2. The highest BCUT2D eigenvalue weighted by molar-refractivity contribution is 6.17. The van der Waals surface area contributed by atoms with Gasteiger partial charge in [0.05, 0.1) is 5.56 Å². The van der Waals surface area contributed by atoms with Gasteiger partial charge in [-0.2, -0.15) is 0 Å². The fourth-order valence-electron chi connectivity index (χ4n) is 2.55. The van der Waals surface area contributed by atoms with Crippen molar-refractivity contribution in [3.8, 4) is 5.75 Å². The summed E-state index contributed by atoms with van der Waals surface area (Å²) in [7, 11) is 0. The highest BCUT2D eigenvalue weighted by Crippen LogP contribution is 2.27. The summed E-state index contributed by atoms with van der Waals surface area (Å²) in [5.41, 5.74) is 0.0396. The molecule has 0 bridgehead atoms. The van der Waals surface area contributed by atoms with Crippen molar-refractivity contribution >= 4 is 17.5 Å². The van der Waals surface area contributed by atoms with Gasteiger partial charge in [-0.05, 0) is 43.9 Å². The van der Waals surface area contributed by atoms with Crippen molar-refractivity contribution in [2.75, 3.05) is 12.4 Å². The molecule has 1 aromatic carbocycles. The molecule has 104 valence electrons. The van der Waals surface area contributed by atoms with Gasteiger partial charge in [0.2, 0.25) is 0 Å². The number of alkyl halides is 1. The number of benzene rings is 1. The molecule has 0 aromatic heterocycles. The van der Waals surface area contributed by atoms with Gasteiger partial charge in [0.15, 0.2) is 0 Å². The third-order valence-electron chi connectivity index (χ3n) is 3.50. The van der Waals surface area contributed by atoms with Gasteiger partial charge in [0.1, 0.15) is 11.6 Å². The van der Waals surface area contributed by atoms with Crippen LogP contribution in [0.2, 0.25) is 0 Å². The summed E-state index contributed by atoms with van der Waals surface area (Å²) in [6, 6.07) is 3.59. The van der Waals surface area contributed by atoms with Gasteiger partial charge < -0.3 is 10.0 Å². The van der Waals surface area contributed by atoms with Crippen LogP contribution in [-0.4, -0.2) is 34.4 Å². The fraction of sp³-hybridized carbons (Fsp3) is 0.500. The van der Waals surface area contributed by atoms with E-state index >= 15 is 0 Å². The van der Waals surface area contributed by atoms with E-state index < -0.39 is 5.82 Å². The van der Waals surface area contributed by atoms with Gasteiger partial charge >= 0.3 is 0 Å². The van der Waals surface area contributed by atoms with Crippen LogP contribution in [-0.2, 0) is 0 Å². The van der Waals surface area contributed by atoms with E-state index in [-0.39, 0.29) is 23.3 Å². The number of nitrogens with zero attached hydrogens (tertiary/aromatic N) is 1. The van der Waals surface area contributed by atoms with E-state index in [1.54, 1.807) is 4.90 Å². The molecule has 1 aliphatic heterocycles. The van der Waals surface area contributed by atoms with Gasteiger partial charge in [-0.3, -0.25) is 4.79 Å². The highest BCUT2D eigenvalue weighted by Gasteiger charge is 2.30. The molecule has 1 N–H and O–H groups in total. The topological polar surface area (TPSA) is 40.5 Å². The fourth-order valence-corrected chi connectivity index (χ4v) is 2.70. The third-order valence-corrected chi connectivity index (χ3v) is 3.77. The van der Waals surface area contributed by atoms with E-state index in [1.165, 1.54) is 6.07 Å². The first-order valence-electron chi connectivity index (χ1n) is 6.49. The monoisotopic (exact) mass is 285 g/mol. The number of halogens is 2. The Kier molecular flexibility index (Phi) is 4.64. The molecule has 1 saturated heterocycles. The number of carbonyl (C=O) groups excluding carboxylic acids is 1. The molecule has 1 aliphatic rings. The lowest BCUT2D eigenvalue weighted by Crippen LogP contribution is -2.35. The van der Waals surface area contributed by atoms with Crippen LogP contribution in [0.3, 0.4) is 0 Å². The Labute approximate surface area is 117 Å². The Morgan fingerprint density at radius 3 is 3.05 bits per heavy atom. The minimum atomic E-state index is -0.516. The predicted molar refractivity (Wildman–Crippen MR) is 72.1 cm³/mol. The van der Waals surface area contributed by atoms with E-state index in [0.717, 1.165) is 37.8 Å². The Balaban J connectivity index is 2.16. The van der Waals surface area contributed by atoms with Crippen molar-refractivity contribution < 1.29 is 14.3 Å². The number of likely N-dealkylation sites (tertiary alicyclic amines) is 1. The first kappa shape index (κ1) is 14.1. The number of aromatic hydroxyl groups is 1. The Morgan fingerprint density at radius 1 is 1.53 bits per heavy atom. The summed E-state index contributed by atoms with van der Waals surface area (Å²) < 4.78 is 13.2. The second kappa shape index (κ2) is 6.24. The number of phenols is 1. The standard InChI is InChI=1S/C14H17ClFNO2/c15-7-1-3-11-4-2-8-17(11)14(19)12-9-10(16)5-6-13(12)18/h5-6,9,11,18H,1-4,7-8H2. The smallest absolute Gasteiger partial charge is 0.257 e. The number of hydrogen-bond acceptors (Lipinski definition) is 2.